The van der Waals surface area contributed by atoms with Crippen molar-refractivity contribution in [2.24, 2.45) is 0 Å². The number of rotatable bonds is 6. The van der Waals surface area contributed by atoms with Crippen LogP contribution in [-0.2, 0) is 5.41 Å². The van der Waals surface area contributed by atoms with Gasteiger partial charge in [-0.15, -0.1) is 0 Å². The predicted molar refractivity (Wildman–Crippen MR) is 229 cm³/mol. The normalized spacial score (nSPS) is 18.5. The minimum Gasteiger partial charge on any atom is -0.309 e. The molecule has 0 bridgehead atoms. The minimum absolute atomic E-state index is 0.0228. The van der Waals surface area contributed by atoms with Crippen molar-refractivity contribution in [3.8, 4) is 16.8 Å². The lowest BCUT2D eigenvalue weighted by Crippen LogP contribution is -2.54. The zero-order chi connectivity index (χ0) is 37.1. The number of hydrogen-bond acceptors (Lipinski definition) is 3. The van der Waals surface area contributed by atoms with Crippen molar-refractivity contribution in [2.45, 2.75) is 23.9 Å². The van der Waals surface area contributed by atoms with Gasteiger partial charge < -0.3 is 4.57 Å². The van der Waals surface area contributed by atoms with Crippen LogP contribution in [0.5, 0.6) is 0 Å². The summed E-state index contributed by atoms with van der Waals surface area (Å²) in [5.74, 6) is 0. The molecule has 1 fully saturated rings. The summed E-state index contributed by atoms with van der Waals surface area (Å²) in [5.41, 5.74) is 14.4. The lowest BCUT2D eigenvalue weighted by molar-refractivity contribution is 0.203. The molecule has 0 saturated carbocycles. The Hall–Kier alpha value is -6.56. The van der Waals surface area contributed by atoms with E-state index in [1.807, 2.05) is 0 Å². The Morgan fingerprint density at radius 2 is 0.839 bits per heavy atom. The number of nitrogens with one attached hydrogen (secondary N) is 3. The summed E-state index contributed by atoms with van der Waals surface area (Å²) in [6.07, 6.45) is -0.117. The van der Waals surface area contributed by atoms with Gasteiger partial charge in [0, 0.05) is 16.5 Å². The van der Waals surface area contributed by atoms with E-state index in [2.05, 4.69) is 227 Å². The Morgan fingerprint density at radius 3 is 1.43 bits per heavy atom. The summed E-state index contributed by atoms with van der Waals surface area (Å²) < 4.78 is 2.46. The number of fused-ring (bicyclic) bond motifs is 6. The molecule has 2 heterocycles. The maximum absolute atomic E-state index is 3.85. The van der Waals surface area contributed by atoms with Gasteiger partial charge in [-0.25, -0.2) is 0 Å². The first kappa shape index (κ1) is 32.8. The summed E-state index contributed by atoms with van der Waals surface area (Å²) in [7, 11) is 0. The number of benzene rings is 8. The zero-order valence-electron chi connectivity index (χ0n) is 30.8. The Bertz CT molecular complexity index is 2740. The third-order valence-electron chi connectivity index (χ3n) is 12.0. The third kappa shape index (κ3) is 5.11. The highest BCUT2D eigenvalue weighted by molar-refractivity contribution is 6.12. The molecular weight excluding hydrogens is 681 g/mol. The monoisotopic (exact) mass is 720 g/mol. The van der Waals surface area contributed by atoms with Crippen LogP contribution in [0.4, 0.5) is 0 Å². The second-order valence-electron chi connectivity index (χ2n) is 15.0. The fourth-order valence-electron chi connectivity index (χ4n) is 9.51. The lowest BCUT2D eigenvalue weighted by Gasteiger charge is -2.39. The van der Waals surface area contributed by atoms with Gasteiger partial charge in [0.15, 0.2) is 0 Å². The maximum atomic E-state index is 3.85. The SMILES string of the molecule is c1ccc(C2NC(c3ccccc3)NC(c3ccc(-n4c5ccccc5c5cc6c(cc54)C(c4ccccc4)(c4ccccc4)c4ccccc4-6)cc3)N2)cc1. The Morgan fingerprint density at radius 1 is 0.357 bits per heavy atom. The molecule has 4 nitrogen and oxygen atoms in total. The second-order valence-corrected chi connectivity index (χ2v) is 15.0. The minimum atomic E-state index is -0.468. The van der Waals surface area contributed by atoms with Crippen molar-refractivity contribution in [3.05, 3.63) is 245 Å². The van der Waals surface area contributed by atoms with E-state index in [1.54, 1.807) is 0 Å². The van der Waals surface area contributed by atoms with Gasteiger partial charge >= 0.3 is 0 Å². The lowest BCUT2D eigenvalue weighted by atomic mass is 9.67. The molecule has 1 aromatic heterocycles. The van der Waals surface area contributed by atoms with Gasteiger partial charge in [-0.3, -0.25) is 16.0 Å². The van der Waals surface area contributed by atoms with E-state index in [-0.39, 0.29) is 18.5 Å². The van der Waals surface area contributed by atoms with Gasteiger partial charge in [-0.1, -0.05) is 176 Å². The first-order valence-electron chi connectivity index (χ1n) is 19.5. The van der Waals surface area contributed by atoms with E-state index >= 15 is 0 Å². The molecular formula is C52H40N4. The zero-order valence-corrected chi connectivity index (χ0v) is 30.8. The van der Waals surface area contributed by atoms with Crippen molar-refractivity contribution >= 4 is 21.8 Å². The molecule has 1 aliphatic heterocycles. The topological polar surface area (TPSA) is 41.0 Å². The average Bonchev–Trinajstić information content (AvgIpc) is 3.76. The number of hydrogen-bond donors (Lipinski definition) is 3. The van der Waals surface area contributed by atoms with Crippen molar-refractivity contribution < 1.29 is 0 Å². The Kier molecular flexibility index (Phi) is 7.81. The summed E-state index contributed by atoms with van der Waals surface area (Å²) in [4.78, 5) is 0. The van der Waals surface area contributed by atoms with Crippen LogP contribution in [0.2, 0.25) is 0 Å². The molecule has 1 saturated heterocycles. The van der Waals surface area contributed by atoms with Crippen LogP contribution in [0.25, 0.3) is 38.6 Å². The van der Waals surface area contributed by atoms with E-state index in [1.165, 1.54) is 71.9 Å². The number of para-hydroxylation sites is 1. The molecule has 0 spiro atoms. The largest absolute Gasteiger partial charge is 0.309 e. The van der Waals surface area contributed by atoms with E-state index in [4.69, 9.17) is 0 Å². The van der Waals surface area contributed by atoms with Crippen LogP contribution < -0.4 is 16.0 Å². The first-order valence-corrected chi connectivity index (χ1v) is 19.5. The molecule has 0 amide bonds. The van der Waals surface area contributed by atoms with Crippen LogP contribution in [0.3, 0.4) is 0 Å². The number of aromatic nitrogens is 1. The van der Waals surface area contributed by atoms with Gasteiger partial charge in [0.2, 0.25) is 0 Å². The van der Waals surface area contributed by atoms with Gasteiger partial charge in [0.25, 0.3) is 0 Å². The Balaban J connectivity index is 1.07. The van der Waals surface area contributed by atoms with Crippen molar-refractivity contribution in [1.29, 1.82) is 0 Å². The van der Waals surface area contributed by atoms with Gasteiger partial charge in [0.1, 0.15) is 0 Å². The maximum Gasteiger partial charge on any atom is 0.0864 e. The van der Waals surface area contributed by atoms with Crippen LogP contribution in [0.1, 0.15) is 57.4 Å². The number of nitrogens with zero attached hydrogens (tertiary/aromatic N) is 1. The van der Waals surface area contributed by atoms with Crippen LogP contribution >= 0.6 is 0 Å². The molecule has 2 unspecified atom stereocenters. The van der Waals surface area contributed by atoms with Crippen molar-refractivity contribution in [1.82, 2.24) is 20.5 Å². The fraction of sp³-hybridized carbons (Fsp3) is 0.0769. The first-order chi connectivity index (χ1) is 27.8. The molecule has 268 valence electrons. The van der Waals surface area contributed by atoms with E-state index < -0.39 is 5.41 Å². The average molecular weight is 721 g/mol. The molecule has 2 aliphatic rings. The molecule has 8 aromatic carbocycles. The highest BCUT2D eigenvalue weighted by Crippen LogP contribution is 2.57. The molecule has 1 aliphatic carbocycles. The Labute approximate surface area is 327 Å². The quantitative estimate of drug-likeness (QED) is 0.160. The predicted octanol–water partition coefficient (Wildman–Crippen LogP) is 11.3. The van der Waals surface area contributed by atoms with Crippen LogP contribution in [0, 0.1) is 0 Å². The van der Waals surface area contributed by atoms with Gasteiger partial charge in [-0.05, 0) is 80.4 Å². The second kappa shape index (κ2) is 13.3. The van der Waals surface area contributed by atoms with Gasteiger partial charge in [0.05, 0.1) is 34.9 Å². The summed E-state index contributed by atoms with van der Waals surface area (Å²) in [5, 5.41) is 14.0. The van der Waals surface area contributed by atoms with Gasteiger partial charge in [-0.2, -0.15) is 0 Å². The molecule has 0 radical (unpaired) electrons. The van der Waals surface area contributed by atoms with E-state index in [0.29, 0.717) is 0 Å². The van der Waals surface area contributed by atoms with Crippen LogP contribution in [-0.4, -0.2) is 4.57 Å². The molecule has 9 aromatic rings. The molecule has 3 N–H and O–H groups in total. The van der Waals surface area contributed by atoms with Crippen LogP contribution in [0.15, 0.2) is 206 Å². The smallest absolute Gasteiger partial charge is 0.0864 e. The van der Waals surface area contributed by atoms with E-state index in [0.717, 1.165) is 5.69 Å². The summed E-state index contributed by atoms with van der Waals surface area (Å²) in [6.45, 7) is 0. The standard InChI is InChI=1S/C52H40N4/c1-5-17-35(18-6-1)49-53-50(36-19-7-2-8-20-36)55-51(54-49)37-29-31-40(32-30-37)56-47-28-16-14-26-42(47)44-33-43-41-25-13-15-27-45(41)52(46(43)34-48(44)56,38-21-9-3-10-22-38)39-23-11-4-12-24-39/h1-34,49-51,53-55H. The third-order valence-corrected chi connectivity index (χ3v) is 12.0. The molecule has 56 heavy (non-hydrogen) atoms. The highest BCUT2D eigenvalue weighted by Gasteiger charge is 2.46. The molecule has 2 atom stereocenters. The highest BCUT2D eigenvalue weighted by atomic mass is 15.4. The fourth-order valence-corrected chi connectivity index (χ4v) is 9.51. The molecule has 4 heteroatoms. The summed E-state index contributed by atoms with van der Waals surface area (Å²) in [6, 6.07) is 75.3. The van der Waals surface area contributed by atoms with Crippen molar-refractivity contribution in [3.63, 3.8) is 0 Å². The van der Waals surface area contributed by atoms with Crippen molar-refractivity contribution in [2.75, 3.05) is 0 Å². The summed E-state index contributed by atoms with van der Waals surface area (Å²) >= 11 is 0. The molecule has 11 rings (SSSR count). The van der Waals surface area contributed by atoms with E-state index in [9.17, 15) is 0 Å².